The SMILES string of the molecule is C[C@H]1CCN(Cc2nccs2)[C@@H]2Cn3cc(C(=O)NCc4ccc(F)cc4F)c(=O)c(O)c3C(=O)N12. The molecule has 2 N–H and O–H groups in total. The lowest BCUT2D eigenvalue weighted by atomic mass is 10.0. The van der Waals surface area contributed by atoms with Gasteiger partial charge in [0.2, 0.25) is 5.43 Å². The van der Waals surface area contributed by atoms with E-state index in [1.165, 1.54) is 28.2 Å². The van der Waals surface area contributed by atoms with Crippen molar-refractivity contribution in [3.8, 4) is 5.75 Å². The van der Waals surface area contributed by atoms with E-state index < -0.39 is 34.6 Å². The predicted molar refractivity (Wildman–Crippen MR) is 126 cm³/mol. The van der Waals surface area contributed by atoms with Crippen LogP contribution in [0.15, 0.2) is 40.8 Å². The smallest absolute Gasteiger partial charge is 0.276 e. The molecule has 2 amide bonds. The standard InChI is InChI=1S/C24H23F2N5O4S/c1-13-4-6-29(11-18-27-5-7-36-18)19-12-30-10-16(21(32)22(33)20(30)24(35)31(13)19)23(34)28-9-14-2-3-15(25)8-17(14)26/h2-3,5,7-8,10,13,19,33H,4,6,9,11-12H2,1H3,(H,28,34)/t13-,19-/m0/s1. The molecule has 36 heavy (non-hydrogen) atoms. The average Bonchev–Trinajstić information content (AvgIpc) is 3.35. The Morgan fingerprint density at radius 3 is 2.83 bits per heavy atom. The number of pyridine rings is 1. The molecule has 4 heterocycles. The van der Waals surface area contributed by atoms with Gasteiger partial charge in [-0.15, -0.1) is 11.3 Å². The Morgan fingerprint density at radius 2 is 2.11 bits per heavy atom. The van der Waals surface area contributed by atoms with Gasteiger partial charge in [-0.1, -0.05) is 6.07 Å². The lowest BCUT2D eigenvalue weighted by Gasteiger charge is -2.50. The number of thiazole rings is 1. The van der Waals surface area contributed by atoms with E-state index in [1.54, 1.807) is 11.1 Å². The molecule has 1 fully saturated rings. The maximum Gasteiger partial charge on any atom is 0.276 e. The van der Waals surface area contributed by atoms with Crippen LogP contribution in [-0.2, 0) is 19.6 Å². The van der Waals surface area contributed by atoms with Gasteiger partial charge in [-0.2, -0.15) is 0 Å². The van der Waals surface area contributed by atoms with Crippen molar-refractivity contribution >= 4 is 23.2 Å². The highest BCUT2D eigenvalue weighted by atomic mass is 32.1. The van der Waals surface area contributed by atoms with E-state index in [0.29, 0.717) is 12.6 Å². The van der Waals surface area contributed by atoms with Crippen molar-refractivity contribution in [3.05, 3.63) is 79.7 Å². The fourth-order valence-electron chi connectivity index (χ4n) is 4.75. The van der Waals surface area contributed by atoms with Crippen LogP contribution in [0.5, 0.6) is 5.75 Å². The summed E-state index contributed by atoms with van der Waals surface area (Å²) in [6.07, 6.45) is 3.34. The summed E-state index contributed by atoms with van der Waals surface area (Å²) < 4.78 is 28.5. The van der Waals surface area contributed by atoms with Crippen molar-refractivity contribution in [2.45, 2.75) is 45.2 Å². The molecule has 0 saturated carbocycles. The number of rotatable bonds is 5. The molecule has 1 aromatic carbocycles. The zero-order valence-electron chi connectivity index (χ0n) is 19.3. The number of halogens is 2. The van der Waals surface area contributed by atoms with Crippen LogP contribution in [0, 0.1) is 11.6 Å². The molecule has 2 aromatic heterocycles. The van der Waals surface area contributed by atoms with Gasteiger partial charge in [-0.3, -0.25) is 19.3 Å². The quantitative estimate of drug-likeness (QED) is 0.540. The monoisotopic (exact) mass is 515 g/mol. The Morgan fingerprint density at radius 1 is 1.31 bits per heavy atom. The van der Waals surface area contributed by atoms with E-state index in [-0.39, 0.29) is 42.1 Å². The number of hydrogen-bond donors (Lipinski definition) is 2. The first kappa shape index (κ1) is 24.1. The number of carbonyl (C=O) groups is 2. The minimum Gasteiger partial charge on any atom is -0.503 e. The lowest BCUT2D eigenvalue weighted by Crippen LogP contribution is -2.63. The summed E-state index contributed by atoms with van der Waals surface area (Å²) in [5, 5.41) is 15.9. The van der Waals surface area contributed by atoms with Gasteiger partial charge in [0.05, 0.1) is 13.1 Å². The van der Waals surface area contributed by atoms with Crippen LogP contribution in [0.1, 0.15) is 44.8 Å². The van der Waals surface area contributed by atoms with Crippen LogP contribution in [0.2, 0.25) is 0 Å². The van der Waals surface area contributed by atoms with Gasteiger partial charge in [-0.05, 0) is 19.4 Å². The van der Waals surface area contributed by atoms with E-state index in [4.69, 9.17) is 0 Å². The molecule has 12 heteroatoms. The fourth-order valence-corrected chi connectivity index (χ4v) is 5.39. The molecule has 9 nitrogen and oxygen atoms in total. The number of nitrogens with one attached hydrogen (secondary N) is 1. The van der Waals surface area contributed by atoms with Gasteiger partial charge in [0.15, 0.2) is 11.4 Å². The Hall–Kier alpha value is -3.64. The molecular weight excluding hydrogens is 492 g/mol. The molecule has 0 radical (unpaired) electrons. The van der Waals surface area contributed by atoms with Gasteiger partial charge in [-0.25, -0.2) is 13.8 Å². The number of benzene rings is 1. The Balaban J connectivity index is 1.44. The molecule has 2 atom stereocenters. The van der Waals surface area contributed by atoms with Gasteiger partial charge in [0.1, 0.15) is 28.4 Å². The van der Waals surface area contributed by atoms with Crippen molar-refractivity contribution in [2.24, 2.45) is 0 Å². The van der Waals surface area contributed by atoms with Gasteiger partial charge in [0, 0.05) is 48.5 Å². The molecule has 0 bridgehead atoms. The van der Waals surface area contributed by atoms with Crippen molar-refractivity contribution in [1.82, 2.24) is 24.7 Å². The Labute approximate surface area is 208 Å². The topological polar surface area (TPSA) is 108 Å². The first-order valence-electron chi connectivity index (χ1n) is 11.4. The third kappa shape index (κ3) is 4.26. The zero-order valence-corrected chi connectivity index (χ0v) is 20.1. The summed E-state index contributed by atoms with van der Waals surface area (Å²) in [5.41, 5.74) is -1.50. The normalized spacial score (nSPS) is 19.6. The van der Waals surface area contributed by atoms with E-state index in [0.717, 1.165) is 24.0 Å². The number of fused-ring (bicyclic) bond motifs is 2. The molecule has 5 rings (SSSR count). The number of aromatic hydroxyl groups is 1. The molecule has 188 valence electrons. The van der Waals surface area contributed by atoms with Gasteiger partial charge >= 0.3 is 0 Å². The molecule has 2 aliphatic heterocycles. The maximum absolute atomic E-state index is 13.9. The summed E-state index contributed by atoms with van der Waals surface area (Å²) >= 11 is 1.51. The number of carbonyl (C=O) groups excluding carboxylic acids is 2. The highest BCUT2D eigenvalue weighted by molar-refractivity contribution is 7.09. The second-order valence-corrected chi connectivity index (χ2v) is 9.85. The molecule has 2 aliphatic rings. The summed E-state index contributed by atoms with van der Waals surface area (Å²) in [7, 11) is 0. The van der Waals surface area contributed by atoms with Crippen LogP contribution in [0.3, 0.4) is 0 Å². The predicted octanol–water partition coefficient (Wildman–Crippen LogP) is 2.29. The first-order chi connectivity index (χ1) is 17.2. The van der Waals surface area contributed by atoms with Crippen LogP contribution < -0.4 is 10.7 Å². The van der Waals surface area contributed by atoms with Crippen molar-refractivity contribution in [3.63, 3.8) is 0 Å². The third-order valence-corrected chi connectivity index (χ3v) is 7.39. The summed E-state index contributed by atoms with van der Waals surface area (Å²) in [5.74, 6) is -3.72. The van der Waals surface area contributed by atoms with E-state index in [9.17, 15) is 28.3 Å². The van der Waals surface area contributed by atoms with Gasteiger partial charge in [0.25, 0.3) is 11.8 Å². The molecule has 1 saturated heterocycles. The van der Waals surface area contributed by atoms with Crippen LogP contribution in [-0.4, -0.2) is 55.0 Å². The van der Waals surface area contributed by atoms with Crippen LogP contribution >= 0.6 is 11.3 Å². The van der Waals surface area contributed by atoms with Crippen molar-refractivity contribution < 1.29 is 23.5 Å². The van der Waals surface area contributed by atoms with Gasteiger partial charge < -0.3 is 19.9 Å². The second kappa shape index (κ2) is 9.43. The molecule has 0 aliphatic carbocycles. The summed E-state index contributed by atoms with van der Waals surface area (Å²) in [4.78, 5) is 47.2. The highest BCUT2D eigenvalue weighted by Gasteiger charge is 2.43. The summed E-state index contributed by atoms with van der Waals surface area (Å²) in [6.45, 7) is 3.13. The average molecular weight is 516 g/mol. The number of amides is 2. The van der Waals surface area contributed by atoms with Crippen molar-refractivity contribution in [2.75, 3.05) is 6.54 Å². The third-order valence-electron chi connectivity index (χ3n) is 6.63. The highest BCUT2D eigenvalue weighted by Crippen LogP contribution is 2.31. The minimum atomic E-state index is -0.991. The second-order valence-electron chi connectivity index (χ2n) is 8.87. The minimum absolute atomic E-state index is 0.0341. The van der Waals surface area contributed by atoms with E-state index >= 15 is 0 Å². The van der Waals surface area contributed by atoms with Crippen LogP contribution in [0.4, 0.5) is 8.78 Å². The zero-order chi connectivity index (χ0) is 25.6. The van der Waals surface area contributed by atoms with E-state index in [1.807, 2.05) is 12.3 Å². The Bertz CT molecular complexity index is 1390. The van der Waals surface area contributed by atoms with Crippen LogP contribution in [0.25, 0.3) is 0 Å². The largest absolute Gasteiger partial charge is 0.503 e. The number of hydrogen-bond acceptors (Lipinski definition) is 7. The summed E-state index contributed by atoms with van der Waals surface area (Å²) in [6, 6.07) is 2.84. The maximum atomic E-state index is 13.9. The lowest BCUT2D eigenvalue weighted by molar-refractivity contribution is -0.0363. The van der Waals surface area contributed by atoms with E-state index in [2.05, 4.69) is 15.2 Å². The molecule has 0 spiro atoms. The molecular formula is C24H23F2N5O4S. The molecule has 3 aromatic rings. The number of aromatic nitrogens is 2. The van der Waals surface area contributed by atoms with Crippen molar-refractivity contribution in [1.29, 1.82) is 0 Å². The molecule has 0 unspecified atom stereocenters. The Kier molecular flexibility index (Phi) is 6.31. The number of nitrogens with zero attached hydrogens (tertiary/aromatic N) is 4. The first-order valence-corrected chi connectivity index (χ1v) is 12.3. The fraction of sp³-hybridized carbons (Fsp3) is 0.333.